The third-order valence-corrected chi connectivity index (χ3v) is 2.18. The Morgan fingerprint density at radius 3 is 3.07 bits per heavy atom. The van der Waals surface area contributed by atoms with Gasteiger partial charge in [0, 0.05) is 0 Å². The predicted molar refractivity (Wildman–Crippen MR) is 56.0 cm³/mol. The Hall–Kier alpha value is -1.58. The summed E-state index contributed by atoms with van der Waals surface area (Å²) in [6.45, 7) is 2.17. The average Bonchev–Trinajstić information content (AvgIpc) is 2.56. The fourth-order valence-corrected chi connectivity index (χ4v) is 1.42. The van der Waals surface area contributed by atoms with E-state index in [1.165, 1.54) is 12.8 Å². The lowest BCUT2D eigenvalue weighted by Gasteiger charge is -1.91. The smallest absolute Gasteiger partial charge is 0.153 e. The van der Waals surface area contributed by atoms with Crippen LogP contribution in [0.4, 0.5) is 5.82 Å². The third-order valence-electron chi connectivity index (χ3n) is 2.18. The van der Waals surface area contributed by atoms with Gasteiger partial charge in [-0.05, 0) is 25.0 Å². The quantitative estimate of drug-likeness (QED) is 0.800. The van der Waals surface area contributed by atoms with Gasteiger partial charge in [0.05, 0.1) is 11.9 Å². The summed E-state index contributed by atoms with van der Waals surface area (Å²) in [6, 6.07) is 3.66. The lowest BCUT2D eigenvalue weighted by atomic mass is 10.2. The molecule has 0 radical (unpaired) electrons. The van der Waals surface area contributed by atoms with E-state index in [9.17, 15) is 0 Å². The van der Waals surface area contributed by atoms with Crippen LogP contribution < -0.4 is 5.73 Å². The molecule has 0 spiro atoms. The minimum absolute atomic E-state index is 0.525. The van der Waals surface area contributed by atoms with Crippen LogP contribution in [0.2, 0.25) is 0 Å². The van der Waals surface area contributed by atoms with Crippen molar-refractivity contribution in [2.45, 2.75) is 26.2 Å². The van der Waals surface area contributed by atoms with Crippen LogP contribution in [0.15, 0.2) is 18.3 Å². The van der Waals surface area contributed by atoms with Gasteiger partial charge in [0.25, 0.3) is 0 Å². The maximum Gasteiger partial charge on any atom is 0.153 e. The molecule has 0 fully saturated rings. The number of hydrogen-bond acceptors (Lipinski definition) is 3. The number of fused-ring (bicyclic) bond motifs is 1. The molecule has 0 aliphatic rings. The van der Waals surface area contributed by atoms with E-state index in [4.69, 9.17) is 5.73 Å². The van der Waals surface area contributed by atoms with Gasteiger partial charge in [-0.1, -0.05) is 13.3 Å². The molecule has 0 saturated carbocycles. The van der Waals surface area contributed by atoms with E-state index < -0.39 is 0 Å². The van der Waals surface area contributed by atoms with E-state index >= 15 is 0 Å². The molecule has 0 atom stereocenters. The van der Waals surface area contributed by atoms with Crippen molar-refractivity contribution in [3.8, 4) is 0 Å². The fraction of sp³-hybridized carbons (Fsp3) is 0.400. The molecule has 2 N–H and O–H groups in total. The van der Waals surface area contributed by atoms with E-state index in [0.717, 1.165) is 17.8 Å². The minimum atomic E-state index is 0.525. The van der Waals surface area contributed by atoms with Gasteiger partial charge in [0.1, 0.15) is 5.82 Å². The summed E-state index contributed by atoms with van der Waals surface area (Å²) in [7, 11) is 0. The lowest BCUT2D eigenvalue weighted by Crippen LogP contribution is -1.95. The zero-order valence-electron chi connectivity index (χ0n) is 8.27. The molecule has 74 valence electrons. The molecule has 0 aromatic carbocycles. The largest absolute Gasteiger partial charge is 0.382 e. The maximum atomic E-state index is 5.57. The molecular weight excluding hydrogens is 176 g/mol. The van der Waals surface area contributed by atoms with E-state index in [2.05, 4.69) is 17.0 Å². The molecule has 0 saturated heterocycles. The number of imidazole rings is 1. The topological polar surface area (TPSA) is 56.2 Å². The molecule has 14 heavy (non-hydrogen) atoms. The predicted octanol–water partition coefficient (Wildman–Crippen LogP) is 1.65. The summed E-state index contributed by atoms with van der Waals surface area (Å²) in [5.74, 6) is 0.525. The highest BCUT2D eigenvalue weighted by Gasteiger charge is 2.01. The van der Waals surface area contributed by atoms with Crippen molar-refractivity contribution in [1.29, 1.82) is 0 Å². The van der Waals surface area contributed by atoms with Gasteiger partial charge in [-0.3, -0.25) is 0 Å². The summed E-state index contributed by atoms with van der Waals surface area (Å²) in [6.07, 6.45) is 5.31. The highest BCUT2D eigenvalue weighted by molar-refractivity contribution is 5.42. The van der Waals surface area contributed by atoms with E-state index in [-0.39, 0.29) is 0 Å². The Kier molecular flexibility index (Phi) is 2.35. The summed E-state index contributed by atoms with van der Waals surface area (Å²) >= 11 is 0. The molecule has 0 aliphatic carbocycles. The van der Waals surface area contributed by atoms with E-state index in [0.29, 0.717) is 5.82 Å². The second-order valence-corrected chi connectivity index (χ2v) is 3.40. The second kappa shape index (κ2) is 3.65. The minimum Gasteiger partial charge on any atom is -0.382 e. The first-order valence-electron chi connectivity index (χ1n) is 4.90. The Labute approximate surface area is 82.8 Å². The van der Waals surface area contributed by atoms with Gasteiger partial charge in [0.2, 0.25) is 0 Å². The second-order valence-electron chi connectivity index (χ2n) is 3.40. The molecule has 0 unspecified atom stereocenters. The van der Waals surface area contributed by atoms with Crippen LogP contribution >= 0.6 is 0 Å². The van der Waals surface area contributed by atoms with Crippen LogP contribution in [0.1, 0.15) is 25.5 Å². The normalized spacial score (nSPS) is 10.9. The first kappa shape index (κ1) is 8.99. The monoisotopic (exact) mass is 190 g/mol. The van der Waals surface area contributed by atoms with Gasteiger partial charge >= 0.3 is 0 Å². The molecule has 2 heterocycles. The number of nitrogens with zero attached hydrogens (tertiary/aromatic N) is 3. The molecule has 0 bridgehead atoms. The van der Waals surface area contributed by atoms with E-state index in [1.54, 1.807) is 10.6 Å². The SMILES string of the molecule is CCCCc1cn2nc(N)ccc2n1. The summed E-state index contributed by atoms with van der Waals surface area (Å²) in [5, 5.41) is 4.14. The van der Waals surface area contributed by atoms with Gasteiger partial charge < -0.3 is 5.73 Å². The third kappa shape index (κ3) is 1.69. The highest BCUT2D eigenvalue weighted by Crippen LogP contribution is 2.07. The average molecular weight is 190 g/mol. The van der Waals surface area contributed by atoms with E-state index in [1.807, 2.05) is 12.3 Å². The number of nitrogen functional groups attached to an aromatic ring is 1. The maximum absolute atomic E-state index is 5.57. The number of aromatic nitrogens is 3. The summed E-state index contributed by atoms with van der Waals surface area (Å²) in [4.78, 5) is 4.44. The van der Waals surface area contributed by atoms with Crippen LogP contribution in [-0.2, 0) is 6.42 Å². The lowest BCUT2D eigenvalue weighted by molar-refractivity contribution is 0.780. The Bertz CT molecular complexity index is 433. The zero-order valence-corrected chi connectivity index (χ0v) is 8.27. The highest BCUT2D eigenvalue weighted by atomic mass is 15.3. The van der Waals surface area contributed by atoms with Crippen LogP contribution in [0.3, 0.4) is 0 Å². The summed E-state index contributed by atoms with van der Waals surface area (Å²) in [5.41, 5.74) is 7.53. The number of hydrogen-bond donors (Lipinski definition) is 1. The van der Waals surface area contributed by atoms with Crippen LogP contribution in [0.25, 0.3) is 5.65 Å². The first-order valence-corrected chi connectivity index (χ1v) is 4.90. The Morgan fingerprint density at radius 2 is 2.29 bits per heavy atom. The van der Waals surface area contributed by atoms with Crippen molar-refractivity contribution < 1.29 is 0 Å². The summed E-state index contributed by atoms with van der Waals surface area (Å²) < 4.78 is 1.74. The van der Waals surface area contributed by atoms with Crippen LogP contribution in [0.5, 0.6) is 0 Å². The molecular formula is C10H14N4. The van der Waals surface area contributed by atoms with Crippen LogP contribution in [-0.4, -0.2) is 14.6 Å². The molecule has 2 aromatic heterocycles. The molecule has 2 rings (SSSR count). The number of nitrogens with two attached hydrogens (primary N) is 1. The van der Waals surface area contributed by atoms with Crippen molar-refractivity contribution in [1.82, 2.24) is 14.6 Å². The number of aryl methyl sites for hydroxylation is 1. The van der Waals surface area contributed by atoms with Crippen molar-refractivity contribution in [2.24, 2.45) is 0 Å². The zero-order chi connectivity index (χ0) is 9.97. The number of unbranched alkanes of at least 4 members (excludes halogenated alkanes) is 1. The van der Waals surface area contributed by atoms with Gasteiger partial charge in [-0.25, -0.2) is 9.50 Å². The van der Waals surface area contributed by atoms with Crippen molar-refractivity contribution >= 4 is 11.5 Å². The molecule has 4 nitrogen and oxygen atoms in total. The molecule has 0 amide bonds. The Morgan fingerprint density at radius 1 is 1.43 bits per heavy atom. The van der Waals surface area contributed by atoms with Gasteiger partial charge in [-0.2, -0.15) is 0 Å². The molecule has 2 aromatic rings. The van der Waals surface area contributed by atoms with Crippen molar-refractivity contribution in [3.63, 3.8) is 0 Å². The fourth-order valence-electron chi connectivity index (χ4n) is 1.42. The van der Waals surface area contributed by atoms with Gasteiger partial charge in [0.15, 0.2) is 5.65 Å². The van der Waals surface area contributed by atoms with Crippen molar-refractivity contribution in [2.75, 3.05) is 5.73 Å². The molecule has 0 aliphatic heterocycles. The van der Waals surface area contributed by atoms with Gasteiger partial charge in [-0.15, -0.1) is 5.10 Å². The number of anilines is 1. The first-order chi connectivity index (χ1) is 6.79. The van der Waals surface area contributed by atoms with Crippen molar-refractivity contribution in [3.05, 3.63) is 24.0 Å². The molecule has 4 heteroatoms. The number of rotatable bonds is 3. The standard InChI is InChI=1S/C10H14N4/c1-2-3-4-8-7-14-10(12-8)6-5-9(11)13-14/h5-7H,2-4H2,1H3,(H2,11,13). The van der Waals surface area contributed by atoms with Crippen LogP contribution in [0, 0.1) is 0 Å². The Balaban J connectivity index is 2.32.